The van der Waals surface area contributed by atoms with E-state index in [0.29, 0.717) is 19.3 Å². The zero-order chi connectivity index (χ0) is 22.9. The van der Waals surface area contributed by atoms with Crippen molar-refractivity contribution in [3.05, 3.63) is 97.1 Å². The van der Waals surface area contributed by atoms with Crippen molar-refractivity contribution >= 4 is 11.9 Å². The van der Waals surface area contributed by atoms with E-state index >= 15 is 0 Å². The third-order valence-corrected chi connectivity index (χ3v) is 5.95. The van der Waals surface area contributed by atoms with Crippen LogP contribution in [-0.2, 0) is 25.7 Å². The lowest BCUT2D eigenvalue weighted by molar-refractivity contribution is -0.158. The van der Waals surface area contributed by atoms with Crippen LogP contribution in [0, 0.1) is 0 Å². The highest BCUT2D eigenvalue weighted by Crippen LogP contribution is 2.33. The van der Waals surface area contributed by atoms with Gasteiger partial charge in [-0.15, -0.1) is 13.2 Å². The Morgan fingerprint density at radius 1 is 1.06 bits per heavy atom. The van der Waals surface area contributed by atoms with E-state index in [1.165, 1.54) is 7.11 Å². The lowest BCUT2D eigenvalue weighted by Crippen LogP contribution is -2.51. The fourth-order valence-electron chi connectivity index (χ4n) is 4.35. The molecule has 0 bridgehead atoms. The molecule has 1 aliphatic heterocycles. The number of nitrogens with zero attached hydrogens (tertiary/aromatic N) is 1. The number of hydrogen-bond donors (Lipinski definition) is 0. The summed E-state index contributed by atoms with van der Waals surface area (Å²) in [6.45, 7) is 8.09. The normalized spacial score (nSPS) is 19.7. The van der Waals surface area contributed by atoms with Gasteiger partial charge in [0.05, 0.1) is 13.7 Å². The molecule has 168 valence electrons. The highest BCUT2D eigenvalue weighted by Gasteiger charge is 2.45. The summed E-state index contributed by atoms with van der Waals surface area (Å²) in [7, 11) is 1.35. The van der Waals surface area contributed by atoms with E-state index in [4.69, 9.17) is 9.47 Å². The fourth-order valence-corrected chi connectivity index (χ4v) is 4.35. The smallest absolute Gasteiger partial charge is 0.328 e. The predicted octanol–water partition coefficient (Wildman–Crippen LogP) is 4.65. The summed E-state index contributed by atoms with van der Waals surface area (Å²) in [6, 6.07) is 18.7. The molecule has 2 unspecified atom stereocenters. The van der Waals surface area contributed by atoms with Crippen LogP contribution in [0.4, 0.5) is 0 Å². The third-order valence-electron chi connectivity index (χ3n) is 5.95. The first-order chi connectivity index (χ1) is 15.6. The molecule has 0 N–H and O–H groups in total. The van der Waals surface area contributed by atoms with Gasteiger partial charge in [-0.3, -0.25) is 4.79 Å². The van der Waals surface area contributed by atoms with Crippen LogP contribution in [0.1, 0.15) is 36.3 Å². The molecule has 0 saturated carbocycles. The van der Waals surface area contributed by atoms with Gasteiger partial charge in [0.2, 0.25) is 0 Å². The van der Waals surface area contributed by atoms with Crippen LogP contribution in [0.2, 0.25) is 0 Å². The Morgan fingerprint density at radius 3 is 2.31 bits per heavy atom. The second kappa shape index (κ2) is 11.4. The summed E-state index contributed by atoms with van der Waals surface area (Å²) < 4.78 is 11.3. The minimum absolute atomic E-state index is 0.117. The highest BCUT2D eigenvalue weighted by atomic mass is 16.5. The molecular formula is C27H31NO4. The van der Waals surface area contributed by atoms with Crippen LogP contribution >= 0.6 is 0 Å². The largest absolute Gasteiger partial charge is 0.467 e. The molecule has 2 aromatic rings. The molecule has 32 heavy (non-hydrogen) atoms. The van der Waals surface area contributed by atoms with Crippen LogP contribution in [0.15, 0.2) is 86.0 Å². The van der Waals surface area contributed by atoms with Gasteiger partial charge in [-0.1, -0.05) is 72.8 Å². The van der Waals surface area contributed by atoms with Crippen LogP contribution in [0.3, 0.4) is 0 Å². The van der Waals surface area contributed by atoms with Crippen molar-refractivity contribution in [2.45, 2.75) is 50.0 Å². The predicted molar refractivity (Wildman–Crippen MR) is 125 cm³/mol. The number of methoxy groups -OCH3 is 1. The van der Waals surface area contributed by atoms with Gasteiger partial charge in [-0.25, -0.2) is 4.79 Å². The van der Waals surface area contributed by atoms with Gasteiger partial charge in [-0.2, -0.15) is 0 Å². The maximum atomic E-state index is 14.0. The quantitative estimate of drug-likeness (QED) is 0.404. The summed E-state index contributed by atoms with van der Waals surface area (Å²) in [5.74, 6) is -0.994. The zero-order valence-electron chi connectivity index (χ0n) is 18.6. The van der Waals surface area contributed by atoms with E-state index in [9.17, 15) is 9.59 Å². The van der Waals surface area contributed by atoms with E-state index in [2.05, 4.69) is 13.2 Å². The van der Waals surface area contributed by atoms with Crippen molar-refractivity contribution in [2.24, 2.45) is 0 Å². The van der Waals surface area contributed by atoms with E-state index in [1.807, 2.05) is 60.7 Å². The molecule has 5 nitrogen and oxygen atoms in total. The van der Waals surface area contributed by atoms with Gasteiger partial charge in [0.25, 0.3) is 5.91 Å². The Labute approximate surface area is 190 Å². The number of amides is 1. The Kier molecular flexibility index (Phi) is 8.40. The maximum absolute atomic E-state index is 14.0. The van der Waals surface area contributed by atoms with Gasteiger partial charge in [-0.05, 0) is 30.4 Å². The number of carbonyl (C=O) groups is 2. The van der Waals surface area contributed by atoms with Crippen LogP contribution in [-0.4, -0.2) is 42.1 Å². The van der Waals surface area contributed by atoms with Crippen molar-refractivity contribution in [3.8, 4) is 0 Å². The van der Waals surface area contributed by atoms with E-state index < -0.39 is 18.1 Å². The first kappa shape index (κ1) is 23.5. The Morgan fingerprint density at radius 2 is 1.72 bits per heavy atom. The van der Waals surface area contributed by atoms with Gasteiger partial charge < -0.3 is 14.4 Å². The molecule has 1 heterocycles. The molecule has 1 aliphatic rings. The SMILES string of the molecule is C=CC[C@H]1CC[C@@H](C(=O)OC)N1C(=O)C(OCc1ccccc1)C(C=C)c1ccccc1. The molecular weight excluding hydrogens is 402 g/mol. The van der Waals surface area contributed by atoms with Crippen LogP contribution in [0.25, 0.3) is 0 Å². The average Bonchev–Trinajstić information content (AvgIpc) is 3.26. The van der Waals surface area contributed by atoms with Gasteiger partial charge in [0.15, 0.2) is 0 Å². The number of benzene rings is 2. The monoisotopic (exact) mass is 433 g/mol. The first-order valence-corrected chi connectivity index (χ1v) is 10.9. The minimum atomic E-state index is -0.826. The third kappa shape index (κ3) is 5.35. The molecule has 1 amide bonds. The second-order valence-corrected chi connectivity index (χ2v) is 7.93. The number of rotatable bonds is 10. The van der Waals surface area contributed by atoms with Gasteiger partial charge in [0, 0.05) is 12.0 Å². The Balaban J connectivity index is 1.95. The van der Waals surface area contributed by atoms with E-state index in [0.717, 1.165) is 11.1 Å². The molecule has 3 rings (SSSR count). The Hall–Kier alpha value is -3.18. The van der Waals surface area contributed by atoms with Crippen molar-refractivity contribution in [3.63, 3.8) is 0 Å². The zero-order valence-corrected chi connectivity index (χ0v) is 18.6. The van der Waals surface area contributed by atoms with Crippen LogP contribution < -0.4 is 0 Å². The summed E-state index contributed by atoms with van der Waals surface area (Å²) >= 11 is 0. The number of carbonyl (C=O) groups excluding carboxylic acids is 2. The van der Waals surface area contributed by atoms with Crippen molar-refractivity contribution in [2.75, 3.05) is 7.11 Å². The summed E-state index contributed by atoms with van der Waals surface area (Å²) in [6.07, 6.45) is 4.59. The molecule has 4 atom stereocenters. The molecule has 0 radical (unpaired) electrons. The number of esters is 1. The number of ether oxygens (including phenoxy) is 2. The summed E-state index contributed by atoms with van der Waals surface area (Å²) in [5, 5.41) is 0. The highest BCUT2D eigenvalue weighted by molar-refractivity contribution is 5.89. The molecule has 2 aromatic carbocycles. The molecule has 0 aromatic heterocycles. The van der Waals surface area contributed by atoms with Crippen molar-refractivity contribution in [1.29, 1.82) is 0 Å². The van der Waals surface area contributed by atoms with E-state index in [1.54, 1.807) is 17.1 Å². The Bertz CT molecular complexity index is 912. The molecule has 1 fully saturated rings. The maximum Gasteiger partial charge on any atom is 0.328 e. The minimum Gasteiger partial charge on any atom is -0.467 e. The van der Waals surface area contributed by atoms with Crippen molar-refractivity contribution in [1.82, 2.24) is 4.90 Å². The topological polar surface area (TPSA) is 55.8 Å². The molecule has 1 saturated heterocycles. The molecule has 0 aliphatic carbocycles. The number of likely N-dealkylation sites (tertiary alicyclic amines) is 1. The summed E-state index contributed by atoms with van der Waals surface area (Å²) in [4.78, 5) is 28.1. The molecule has 5 heteroatoms. The lowest BCUT2D eigenvalue weighted by Gasteiger charge is -2.34. The fraction of sp³-hybridized carbons (Fsp3) is 0.333. The standard InChI is InChI=1S/C27H31NO4/c1-4-12-22-17-18-24(27(30)31-3)28(22)26(29)25(32-19-20-13-8-6-9-14-20)23(5-2)21-15-10-7-11-16-21/h4-11,13-16,22-25H,1-2,12,17-19H2,3H3/t22-,23?,24-,25?/m0/s1. The molecule has 0 spiro atoms. The summed E-state index contributed by atoms with van der Waals surface area (Å²) in [5.41, 5.74) is 1.90. The van der Waals surface area contributed by atoms with Gasteiger partial charge >= 0.3 is 5.97 Å². The van der Waals surface area contributed by atoms with Crippen molar-refractivity contribution < 1.29 is 19.1 Å². The van der Waals surface area contributed by atoms with Gasteiger partial charge in [0.1, 0.15) is 12.1 Å². The first-order valence-electron chi connectivity index (χ1n) is 10.9. The van der Waals surface area contributed by atoms with Crippen LogP contribution in [0.5, 0.6) is 0 Å². The average molecular weight is 434 g/mol. The lowest BCUT2D eigenvalue weighted by atomic mass is 9.92. The second-order valence-electron chi connectivity index (χ2n) is 7.93. The number of hydrogen-bond acceptors (Lipinski definition) is 4. The van der Waals surface area contributed by atoms with E-state index in [-0.39, 0.29) is 24.5 Å².